The molecule has 0 fully saturated rings. The summed E-state index contributed by atoms with van der Waals surface area (Å²) in [5.74, 6) is -0.551. The van der Waals surface area contributed by atoms with Gasteiger partial charge in [-0.3, -0.25) is 0 Å². The number of hydrogen-bond acceptors (Lipinski definition) is 6. The van der Waals surface area contributed by atoms with E-state index in [0.717, 1.165) is 29.8 Å². The summed E-state index contributed by atoms with van der Waals surface area (Å²) < 4.78 is 32.8. The Labute approximate surface area is 216 Å². The SMILES string of the molecule is CCCCC1(CC)CS(=O)(=O)c2ccc(N(C)C)cc2C(c2cccc(NCCOCC[O])c2)C1O. The van der Waals surface area contributed by atoms with Crippen LogP contribution in [0.2, 0.25) is 0 Å². The summed E-state index contributed by atoms with van der Waals surface area (Å²) >= 11 is 0. The number of aliphatic hydroxyl groups excluding tert-OH is 1. The van der Waals surface area contributed by atoms with Crippen molar-refractivity contribution in [3.8, 4) is 0 Å². The number of aliphatic hydroxyl groups is 1. The number of fused-ring (bicyclic) bond motifs is 1. The fraction of sp³-hybridized carbons (Fsp3) is 0.571. The average Bonchev–Trinajstić information content (AvgIpc) is 2.93. The van der Waals surface area contributed by atoms with Crippen LogP contribution in [0.25, 0.3) is 0 Å². The van der Waals surface area contributed by atoms with E-state index >= 15 is 0 Å². The van der Waals surface area contributed by atoms with Crippen molar-refractivity contribution in [1.29, 1.82) is 0 Å². The van der Waals surface area contributed by atoms with Crippen LogP contribution in [-0.4, -0.2) is 65.8 Å². The predicted octanol–water partition coefficient (Wildman–Crippen LogP) is 4.48. The molecule has 0 aromatic heterocycles. The highest BCUT2D eigenvalue weighted by Gasteiger charge is 2.49. The van der Waals surface area contributed by atoms with Crippen molar-refractivity contribution >= 4 is 21.2 Å². The number of ether oxygens (including phenoxy) is 1. The standard InChI is InChI=1S/C28H41N2O5S/c1-5-7-13-28(6-2)20-36(33,34)25-12-11-23(30(3)4)19-24(25)26(27(28)32)21-9-8-10-22(18-21)29-14-16-35-17-15-31/h8-12,18-19,26-27,29,32H,5-7,13-17,20H2,1-4H3. The highest BCUT2D eigenvalue weighted by atomic mass is 32.2. The Morgan fingerprint density at radius 2 is 1.92 bits per heavy atom. The van der Waals surface area contributed by atoms with E-state index in [-0.39, 0.29) is 19.0 Å². The summed E-state index contributed by atoms with van der Waals surface area (Å²) in [5.41, 5.74) is 2.53. The van der Waals surface area contributed by atoms with Crippen LogP contribution in [0, 0.1) is 5.41 Å². The number of hydrogen-bond donors (Lipinski definition) is 2. The van der Waals surface area contributed by atoms with Gasteiger partial charge in [-0.2, -0.15) is 0 Å². The van der Waals surface area contributed by atoms with E-state index in [9.17, 15) is 18.6 Å². The number of rotatable bonds is 12. The number of unbranched alkanes of at least 4 members (excludes halogenated alkanes) is 1. The molecule has 0 bridgehead atoms. The van der Waals surface area contributed by atoms with Crippen LogP contribution < -0.4 is 10.2 Å². The van der Waals surface area contributed by atoms with Gasteiger partial charge in [0.25, 0.3) is 0 Å². The summed E-state index contributed by atoms with van der Waals surface area (Å²) in [4.78, 5) is 2.26. The Bertz CT molecular complexity index is 1100. The Kier molecular flexibility index (Phi) is 9.80. The van der Waals surface area contributed by atoms with E-state index in [1.807, 2.05) is 62.3 Å². The molecule has 0 aliphatic carbocycles. The van der Waals surface area contributed by atoms with Gasteiger partial charge in [0.05, 0.1) is 30.0 Å². The third kappa shape index (κ3) is 6.22. The van der Waals surface area contributed by atoms with Crippen molar-refractivity contribution in [3.63, 3.8) is 0 Å². The molecule has 8 heteroatoms. The molecule has 1 aliphatic heterocycles. The molecule has 7 nitrogen and oxygen atoms in total. The van der Waals surface area contributed by atoms with Crippen molar-refractivity contribution in [2.45, 2.75) is 56.4 Å². The maximum atomic E-state index is 13.8. The van der Waals surface area contributed by atoms with E-state index in [1.165, 1.54) is 0 Å². The summed E-state index contributed by atoms with van der Waals surface area (Å²) in [6.45, 7) is 4.97. The number of nitrogens with one attached hydrogen (secondary N) is 1. The van der Waals surface area contributed by atoms with Gasteiger partial charge in [0.2, 0.25) is 0 Å². The minimum Gasteiger partial charge on any atom is -0.392 e. The molecule has 0 amide bonds. The fourth-order valence-electron chi connectivity index (χ4n) is 5.27. The van der Waals surface area contributed by atoms with Gasteiger partial charge in [-0.25, -0.2) is 13.5 Å². The molecular weight excluding hydrogens is 476 g/mol. The van der Waals surface area contributed by atoms with E-state index in [2.05, 4.69) is 12.2 Å². The number of benzene rings is 2. The average molecular weight is 518 g/mol. The molecule has 2 N–H and O–H groups in total. The first-order valence-electron chi connectivity index (χ1n) is 12.9. The summed E-state index contributed by atoms with van der Waals surface area (Å²) in [6.07, 6.45) is 2.16. The smallest absolute Gasteiger partial charge is 0.179 e. The topological polar surface area (TPSA) is 98.8 Å². The van der Waals surface area contributed by atoms with Gasteiger partial charge in [-0.15, -0.1) is 0 Å². The molecule has 36 heavy (non-hydrogen) atoms. The summed E-state index contributed by atoms with van der Waals surface area (Å²) in [5, 5.41) is 26.0. The number of nitrogens with zero attached hydrogens (tertiary/aromatic N) is 1. The molecule has 3 unspecified atom stereocenters. The second-order valence-electron chi connectivity index (χ2n) is 9.99. The van der Waals surface area contributed by atoms with Crippen LogP contribution in [0.1, 0.15) is 56.6 Å². The lowest BCUT2D eigenvalue weighted by Crippen LogP contribution is -2.42. The number of sulfone groups is 1. The second-order valence-corrected chi connectivity index (χ2v) is 11.9. The van der Waals surface area contributed by atoms with Crippen molar-refractivity contribution in [1.82, 2.24) is 0 Å². The van der Waals surface area contributed by atoms with Gasteiger partial charge >= 0.3 is 0 Å². The molecule has 2 aromatic rings. The molecule has 3 rings (SSSR count). The van der Waals surface area contributed by atoms with Crippen LogP contribution in [0.5, 0.6) is 0 Å². The lowest BCUT2D eigenvalue weighted by Gasteiger charge is -2.39. The molecule has 0 saturated heterocycles. The zero-order chi connectivity index (χ0) is 26.3. The zero-order valence-corrected chi connectivity index (χ0v) is 22.8. The Hall–Kier alpha value is -2.13. The Morgan fingerprint density at radius 1 is 1.14 bits per heavy atom. The normalized spacial score (nSPS) is 23.1. The molecule has 1 aliphatic rings. The van der Waals surface area contributed by atoms with E-state index in [1.54, 1.807) is 6.07 Å². The van der Waals surface area contributed by atoms with Gasteiger partial charge in [0, 0.05) is 43.3 Å². The first-order valence-corrected chi connectivity index (χ1v) is 14.6. The van der Waals surface area contributed by atoms with Gasteiger partial charge in [0.15, 0.2) is 9.84 Å². The third-order valence-electron chi connectivity index (χ3n) is 7.38. The lowest BCUT2D eigenvalue weighted by atomic mass is 9.69. The maximum Gasteiger partial charge on any atom is 0.179 e. The Balaban J connectivity index is 2.13. The molecule has 1 heterocycles. The maximum absolute atomic E-state index is 13.8. The Morgan fingerprint density at radius 3 is 2.58 bits per heavy atom. The van der Waals surface area contributed by atoms with Gasteiger partial charge in [-0.1, -0.05) is 38.8 Å². The zero-order valence-electron chi connectivity index (χ0n) is 22.0. The molecule has 2 aromatic carbocycles. The van der Waals surface area contributed by atoms with Crippen LogP contribution >= 0.6 is 0 Å². The molecule has 3 atom stereocenters. The quantitative estimate of drug-likeness (QED) is 0.403. The predicted molar refractivity (Wildman–Crippen MR) is 144 cm³/mol. The van der Waals surface area contributed by atoms with E-state index in [4.69, 9.17) is 4.74 Å². The van der Waals surface area contributed by atoms with Crippen LogP contribution in [0.3, 0.4) is 0 Å². The first kappa shape index (κ1) is 28.4. The van der Waals surface area contributed by atoms with Crippen LogP contribution in [0.15, 0.2) is 47.4 Å². The monoisotopic (exact) mass is 517 g/mol. The van der Waals surface area contributed by atoms with E-state index < -0.39 is 27.3 Å². The molecule has 1 radical (unpaired) electrons. The molecule has 0 saturated carbocycles. The third-order valence-corrected chi connectivity index (χ3v) is 9.38. The highest BCUT2D eigenvalue weighted by molar-refractivity contribution is 7.91. The number of anilines is 2. The summed E-state index contributed by atoms with van der Waals surface area (Å²) in [6, 6.07) is 13.3. The lowest BCUT2D eigenvalue weighted by molar-refractivity contribution is 0.0174. The molecular formula is C28H41N2O5S. The molecule has 0 spiro atoms. The summed E-state index contributed by atoms with van der Waals surface area (Å²) in [7, 11) is 0.238. The molecule has 199 valence electrons. The fourth-order valence-corrected chi connectivity index (χ4v) is 7.53. The van der Waals surface area contributed by atoms with Crippen molar-refractivity contribution in [3.05, 3.63) is 53.6 Å². The van der Waals surface area contributed by atoms with E-state index in [0.29, 0.717) is 36.5 Å². The van der Waals surface area contributed by atoms with Gasteiger partial charge in [-0.05, 0) is 54.3 Å². The minimum absolute atomic E-state index is 0.0581. The highest BCUT2D eigenvalue weighted by Crippen LogP contribution is 2.49. The first-order chi connectivity index (χ1) is 17.2. The largest absolute Gasteiger partial charge is 0.392 e. The van der Waals surface area contributed by atoms with Crippen LogP contribution in [-0.2, 0) is 19.7 Å². The van der Waals surface area contributed by atoms with Gasteiger partial charge in [0.1, 0.15) is 6.61 Å². The van der Waals surface area contributed by atoms with Crippen molar-refractivity contribution in [2.75, 3.05) is 56.4 Å². The van der Waals surface area contributed by atoms with Gasteiger partial charge < -0.3 is 20.1 Å². The second kappa shape index (κ2) is 12.4. The minimum atomic E-state index is -3.61. The van der Waals surface area contributed by atoms with Crippen LogP contribution in [0.4, 0.5) is 11.4 Å². The van der Waals surface area contributed by atoms with Crippen molar-refractivity contribution in [2.24, 2.45) is 5.41 Å². The van der Waals surface area contributed by atoms with Crippen molar-refractivity contribution < 1.29 is 23.4 Å².